The first-order chi connectivity index (χ1) is 26.8. The summed E-state index contributed by atoms with van der Waals surface area (Å²) in [5.74, 6) is -1.35. The number of thiophene rings is 1. The first-order valence-corrected chi connectivity index (χ1v) is 21.2. The van der Waals surface area contributed by atoms with Crippen LogP contribution in [0.1, 0.15) is 122 Å². The number of anilines is 1. The number of rotatable bonds is 17. The number of allylic oxidation sites excluding steroid dienone is 5. The minimum absolute atomic E-state index is 0.0430. The fourth-order valence-electron chi connectivity index (χ4n) is 8.58. The number of nitrogens with zero attached hydrogens (tertiary/aromatic N) is 3. The number of nitriles is 1. The van der Waals surface area contributed by atoms with Gasteiger partial charge in [-0.2, -0.15) is 9.84 Å². The van der Waals surface area contributed by atoms with Crippen LogP contribution in [0.5, 0.6) is 0 Å². The van der Waals surface area contributed by atoms with E-state index >= 15 is 0 Å². The number of carbonyl (C=O) groups is 2. The molecule has 6 rings (SSSR count). The van der Waals surface area contributed by atoms with Crippen molar-refractivity contribution in [3.63, 3.8) is 0 Å². The maximum atomic E-state index is 14.0. The van der Waals surface area contributed by atoms with E-state index in [1.807, 2.05) is 30.4 Å². The van der Waals surface area contributed by atoms with Gasteiger partial charge < -0.3 is 15.1 Å². The van der Waals surface area contributed by atoms with E-state index in [-0.39, 0.29) is 22.5 Å². The molecule has 8 heteroatoms. The fraction of sp³-hybridized carbons (Fsp3) is 0.417. The lowest BCUT2D eigenvalue weighted by molar-refractivity contribution is -0.438. The number of hydrogen-bond acceptors (Lipinski definition) is 6. The van der Waals surface area contributed by atoms with Crippen LogP contribution in [0, 0.1) is 11.3 Å². The maximum absolute atomic E-state index is 14.0. The van der Waals surface area contributed by atoms with E-state index in [0.29, 0.717) is 16.0 Å². The number of unbranched alkanes of at least 4 members (excludes halogenated alkanes) is 9. The Hall–Kier alpha value is -5.00. The smallest absolute Gasteiger partial charge is 0.346 e. The number of carboxylic acids is 1. The van der Waals surface area contributed by atoms with Gasteiger partial charge in [-0.1, -0.05) is 90.3 Å². The molecule has 2 aliphatic heterocycles. The number of carboxylic acid groups (broad SMARTS) is 1. The van der Waals surface area contributed by atoms with Gasteiger partial charge in [0.05, 0.1) is 16.6 Å². The number of benzene rings is 2. The first kappa shape index (κ1) is 40.7. The van der Waals surface area contributed by atoms with E-state index in [1.165, 1.54) is 74.3 Å². The first-order valence-electron chi connectivity index (χ1n) is 20.4. The topological polar surface area (TPSA) is 105 Å². The van der Waals surface area contributed by atoms with Gasteiger partial charge in [0.1, 0.15) is 23.9 Å². The van der Waals surface area contributed by atoms with Crippen molar-refractivity contribution in [1.82, 2.24) is 0 Å². The zero-order valence-electron chi connectivity index (χ0n) is 33.9. The van der Waals surface area contributed by atoms with Gasteiger partial charge in [0.2, 0.25) is 11.5 Å². The molecule has 0 atom stereocenters. The number of likely N-dealkylation sites (N-methyl/N-ethyl adjacent to an activating group) is 1. The van der Waals surface area contributed by atoms with Gasteiger partial charge >= 0.3 is 5.97 Å². The Morgan fingerprint density at radius 2 is 1.55 bits per heavy atom. The van der Waals surface area contributed by atoms with Gasteiger partial charge in [0.25, 0.3) is 0 Å². The second kappa shape index (κ2) is 17.0. The Kier molecular flexibility index (Phi) is 12.4. The van der Waals surface area contributed by atoms with Crippen molar-refractivity contribution in [2.75, 3.05) is 18.0 Å². The highest BCUT2D eigenvalue weighted by Gasteiger charge is 2.47. The van der Waals surface area contributed by atoms with Crippen LogP contribution < -0.4 is 4.90 Å². The SMILES string of the molecule is CCCCCCCCCCCC[N+]1=C(/C=C2/C(=O)C(/C=C3/N(CC)c4ccccc4C3(C)C)=C2O)C(C)(C)c2cc(-c3ccc(/C=C(/C#N)C(=O)O)s3)ccc21. The number of para-hydroxylation sites is 1. The number of carbonyl (C=O) groups excluding carboxylic acids is 1. The van der Waals surface area contributed by atoms with Crippen LogP contribution in [-0.4, -0.2) is 45.3 Å². The Morgan fingerprint density at radius 1 is 0.875 bits per heavy atom. The number of aliphatic hydroxyl groups excluding tert-OH is 1. The highest BCUT2D eigenvalue weighted by atomic mass is 32.1. The molecular weight excluding hydrogens is 715 g/mol. The summed E-state index contributed by atoms with van der Waals surface area (Å²) in [4.78, 5) is 29.4. The van der Waals surface area contributed by atoms with Crippen LogP contribution in [0.3, 0.4) is 0 Å². The monoisotopic (exact) mass is 770 g/mol. The van der Waals surface area contributed by atoms with Gasteiger partial charge in [-0.15, -0.1) is 11.3 Å². The van der Waals surface area contributed by atoms with Crippen LogP contribution >= 0.6 is 11.3 Å². The molecule has 3 heterocycles. The average molecular weight is 771 g/mol. The molecule has 1 aromatic heterocycles. The Balaban J connectivity index is 1.30. The molecule has 0 saturated heterocycles. The highest BCUT2D eigenvalue weighted by molar-refractivity contribution is 7.16. The van der Waals surface area contributed by atoms with Crippen LogP contribution in [0.2, 0.25) is 0 Å². The van der Waals surface area contributed by atoms with Crippen molar-refractivity contribution in [1.29, 1.82) is 5.26 Å². The molecule has 2 aromatic carbocycles. The van der Waals surface area contributed by atoms with E-state index in [4.69, 9.17) is 0 Å². The normalized spacial score (nSPS) is 18.5. The molecule has 0 bridgehead atoms. The third-order valence-electron chi connectivity index (χ3n) is 11.9. The molecule has 3 aromatic rings. The lowest BCUT2D eigenvalue weighted by Crippen LogP contribution is -2.32. The van der Waals surface area contributed by atoms with E-state index in [0.717, 1.165) is 64.7 Å². The Labute approximate surface area is 336 Å². The van der Waals surface area contributed by atoms with Crippen molar-refractivity contribution in [3.05, 3.63) is 111 Å². The number of aliphatic hydroxyl groups is 1. The van der Waals surface area contributed by atoms with Gasteiger partial charge in [-0.05, 0) is 80.8 Å². The molecule has 0 unspecified atom stereocenters. The third-order valence-corrected chi connectivity index (χ3v) is 12.9. The van der Waals surface area contributed by atoms with E-state index in [2.05, 4.69) is 87.4 Å². The number of ketones is 1. The zero-order chi connectivity index (χ0) is 40.2. The zero-order valence-corrected chi connectivity index (χ0v) is 34.7. The summed E-state index contributed by atoms with van der Waals surface area (Å²) in [6, 6.07) is 20.3. The van der Waals surface area contributed by atoms with Crippen molar-refractivity contribution in [2.24, 2.45) is 0 Å². The summed E-state index contributed by atoms with van der Waals surface area (Å²) in [6.07, 6.45) is 17.7. The van der Waals surface area contributed by atoms with E-state index in [9.17, 15) is 25.1 Å². The molecule has 0 spiro atoms. The van der Waals surface area contributed by atoms with E-state index in [1.54, 1.807) is 6.07 Å². The molecule has 56 heavy (non-hydrogen) atoms. The Morgan fingerprint density at radius 3 is 2.20 bits per heavy atom. The Bertz CT molecular complexity index is 2220. The van der Waals surface area contributed by atoms with Gasteiger partial charge in [-0.25, -0.2) is 4.79 Å². The summed E-state index contributed by atoms with van der Waals surface area (Å²) in [5, 5.41) is 30.2. The summed E-state index contributed by atoms with van der Waals surface area (Å²) in [5.41, 5.74) is 7.17. The molecule has 2 N–H and O–H groups in total. The number of fused-ring (bicyclic) bond motifs is 2. The molecule has 0 fully saturated rings. The summed E-state index contributed by atoms with van der Waals surface area (Å²) in [7, 11) is 0. The number of aliphatic carboxylic acids is 1. The van der Waals surface area contributed by atoms with Crippen LogP contribution in [-0.2, 0) is 20.4 Å². The predicted molar refractivity (Wildman–Crippen MR) is 229 cm³/mol. The predicted octanol–water partition coefficient (Wildman–Crippen LogP) is 11.7. The highest BCUT2D eigenvalue weighted by Crippen LogP contribution is 2.49. The standard InChI is InChI=1S/C48H55N3O4S/c1-7-9-10-11-12-13-14-15-16-19-26-51-40-24-22-32(41-25-23-34(56-41)27-33(31-49)46(54)55)28-38(40)48(5,6)43(51)30-36-44(52)35(45(36)53)29-42-47(3,4)37-20-17-18-21-39(37)50(42)8-2/h17-18,20-25,27-30H,7-16,19,26H2,1-6H3,(H-,52,53,54,55)/p+1/b33-27-. The van der Waals surface area contributed by atoms with Gasteiger partial charge in [0, 0.05) is 57.2 Å². The second-order valence-electron chi connectivity index (χ2n) is 16.3. The van der Waals surface area contributed by atoms with Crippen LogP contribution in [0.4, 0.5) is 11.4 Å². The summed E-state index contributed by atoms with van der Waals surface area (Å²) in [6.45, 7) is 14.6. The van der Waals surface area contributed by atoms with Gasteiger partial charge in [-0.3, -0.25) is 4.79 Å². The summed E-state index contributed by atoms with van der Waals surface area (Å²) >= 11 is 1.44. The maximum Gasteiger partial charge on any atom is 0.346 e. The molecule has 292 valence electrons. The molecule has 0 saturated carbocycles. The fourth-order valence-corrected chi connectivity index (χ4v) is 9.53. The minimum atomic E-state index is -1.24. The largest absolute Gasteiger partial charge is 0.506 e. The average Bonchev–Trinajstić information content (AvgIpc) is 3.80. The van der Waals surface area contributed by atoms with Crippen molar-refractivity contribution in [2.45, 2.75) is 117 Å². The molecule has 0 amide bonds. The molecule has 3 aliphatic rings. The third kappa shape index (κ3) is 7.84. The molecule has 0 radical (unpaired) electrons. The second-order valence-corrected chi connectivity index (χ2v) is 17.4. The van der Waals surface area contributed by atoms with Crippen LogP contribution in [0.25, 0.3) is 16.5 Å². The van der Waals surface area contributed by atoms with Crippen molar-refractivity contribution >= 4 is 46.3 Å². The molecule has 1 aliphatic carbocycles. The molecular formula is C48H56N3O4S+. The lowest BCUT2D eigenvalue weighted by atomic mass is 9.77. The van der Waals surface area contributed by atoms with Crippen LogP contribution in [0.15, 0.2) is 94.9 Å². The molecule has 7 nitrogen and oxygen atoms in total. The van der Waals surface area contributed by atoms with E-state index < -0.39 is 11.4 Å². The number of Topliss-reactive ketones (excluding diaryl/α,β-unsaturated/α-hetero) is 1. The van der Waals surface area contributed by atoms with Crippen molar-refractivity contribution in [3.8, 4) is 16.5 Å². The number of hydrogen-bond donors (Lipinski definition) is 2. The lowest BCUT2D eigenvalue weighted by Gasteiger charge is -2.28. The minimum Gasteiger partial charge on any atom is -0.506 e. The van der Waals surface area contributed by atoms with Crippen molar-refractivity contribution < 1.29 is 24.4 Å². The summed E-state index contributed by atoms with van der Waals surface area (Å²) < 4.78 is 2.35. The van der Waals surface area contributed by atoms with Gasteiger partial charge in [0.15, 0.2) is 5.71 Å². The quantitative estimate of drug-likeness (QED) is 0.0613.